The van der Waals surface area contributed by atoms with Crippen molar-refractivity contribution in [1.29, 1.82) is 0 Å². The molecule has 3 aromatic carbocycles. The van der Waals surface area contributed by atoms with Gasteiger partial charge >= 0.3 is 0 Å². The van der Waals surface area contributed by atoms with Gasteiger partial charge in [0.05, 0.1) is 4.92 Å². The Hall–Kier alpha value is -4.31. The molecule has 0 aliphatic carbocycles. The summed E-state index contributed by atoms with van der Waals surface area (Å²) in [6, 6.07) is 15.9. The number of carbonyl (C=O) groups excluding carboxylic acids is 1. The highest BCUT2D eigenvalue weighted by Crippen LogP contribution is 2.32. The van der Waals surface area contributed by atoms with Gasteiger partial charge in [0.25, 0.3) is 11.6 Å². The van der Waals surface area contributed by atoms with Crippen LogP contribution in [0.2, 0.25) is 0 Å². The van der Waals surface area contributed by atoms with Gasteiger partial charge < -0.3 is 14.6 Å². The topological polar surface area (TPSA) is 114 Å². The Morgan fingerprint density at radius 3 is 2.57 bits per heavy atom. The van der Waals surface area contributed by atoms with Crippen LogP contribution >= 0.6 is 12.2 Å². The Bertz CT molecular complexity index is 1540. The molecule has 1 amide bonds. The van der Waals surface area contributed by atoms with E-state index < -0.39 is 10.8 Å². The van der Waals surface area contributed by atoms with E-state index in [9.17, 15) is 14.9 Å². The number of fused-ring (bicyclic) bond motifs is 1. The molecule has 1 saturated heterocycles. The molecular weight excluding hydrogens is 490 g/mol. The van der Waals surface area contributed by atoms with E-state index >= 15 is 0 Å². The first-order valence-electron chi connectivity index (χ1n) is 11.9. The highest BCUT2D eigenvalue weighted by Gasteiger charge is 2.24. The minimum atomic E-state index is -0.534. The average Bonchev–Trinajstić information content (AvgIpc) is 3.55. The van der Waals surface area contributed by atoms with Gasteiger partial charge in [-0.2, -0.15) is 0 Å². The molecule has 1 fully saturated rings. The second-order valence-corrected chi connectivity index (χ2v) is 9.47. The summed E-state index contributed by atoms with van der Waals surface area (Å²) in [6.45, 7) is 5.62. The van der Waals surface area contributed by atoms with E-state index in [0.717, 1.165) is 37.1 Å². The van der Waals surface area contributed by atoms with Crippen molar-refractivity contribution in [2.75, 3.05) is 23.3 Å². The van der Waals surface area contributed by atoms with E-state index in [2.05, 4.69) is 22.5 Å². The van der Waals surface area contributed by atoms with Gasteiger partial charge in [-0.05, 0) is 92.5 Å². The van der Waals surface area contributed by atoms with Gasteiger partial charge in [-0.3, -0.25) is 20.2 Å². The number of carbonyl (C=O) groups is 1. The summed E-state index contributed by atoms with van der Waals surface area (Å²) in [4.78, 5) is 30.5. The molecule has 4 aromatic rings. The zero-order valence-electron chi connectivity index (χ0n) is 20.4. The lowest BCUT2D eigenvalue weighted by atomic mass is 10.1. The van der Waals surface area contributed by atoms with Crippen molar-refractivity contribution in [2.24, 2.45) is 0 Å². The van der Waals surface area contributed by atoms with E-state index in [1.807, 2.05) is 30.0 Å². The molecule has 0 unspecified atom stereocenters. The van der Waals surface area contributed by atoms with E-state index in [4.69, 9.17) is 16.6 Å². The van der Waals surface area contributed by atoms with E-state index in [1.165, 1.54) is 11.6 Å². The molecule has 10 heteroatoms. The summed E-state index contributed by atoms with van der Waals surface area (Å²) in [5.74, 6) is -0.0155. The first-order valence-corrected chi connectivity index (χ1v) is 12.3. The number of hydrogen-bond acceptors (Lipinski definition) is 7. The largest absolute Gasteiger partial charge is 0.436 e. The molecule has 0 spiro atoms. The fourth-order valence-corrected chi connectivity index (χ4v) is 4.59. The van der Waals surface area contributed by atoms with Gasteiger partial charge in [0.15, 0.2) is 10.7 Å². The Morgan fingerprint density at radius 1 is 1.05 bits per heavy atom. The van der Waals surface area contributed by atoms with E-state index in [0.29, 0.717) is 28.4 Å². The van der Waals surface area contributed by atoms with Gasteiger partial charge in [0.2, 0.25) is 5.89 Å². The Labute approximate surface area is 218 Å². The van der Waals surface area contributed by atoms with Gasteiger partial charge in [-0.25, -0.2) is 4.98 Å². The van der Waals surface area contributed by atoms with Crippen molar-refractivity contribution in [1.82, 2.24) is 10.3 Å². The van der Waals surface area contributed by atoms with Crippen LogP contribution in [0.3, 0.4) is 0 Å². The molecule has 0 saturated carbocycles. The maximum atomic E-state index is 12.8. The third kappa shape index (κ3) is 5.14. The van der Waals surface area contributed by atoms with Crippen LogP contribution in [-0.4, -0.2) is 34.0 Å². The summed E-state index contributed by atoms with van der Waals surface area (Å²) in [5, 5.41) is 17.3. The Morgan fingerprint density at radius 2 is 1.84 bits per heavy atom. The second kappa shape index (κ2) is 9.98. The van der Waals surface area contributed by atoms with E-state index in [1.54, 1.807) is 30.3 Å². The Balaban J connectivity index is 1.29. The maximum absolute atomic E-state index is 12.8. The van der Waals surface area contributed by atoms with Crippen LogP contribution in [0.5, 0.6) is 0 Å². The van der Waals surface area contributed by atoms with Crippen molar-refractivity contribution >= 4 is 51.4 Å². The lowest BCUT2D eigenvalue weighted by Gasteiger charge is -2.18. The standard InChI is InChI=1S/C27H25N5O4S/c1-16-5-6-19(13-17(16)2)26-29-21-15-20(8-10-24(21)36-26)28-27(37)30-25(33)18-7-9-22(23(14-18)32(34)35)31-11-3-4-12-31/h5-10,13-15H,3-4,11-12H2,1-2H3,(H2,28,30,33,37). The average molecular weight is 516 g/mol. The maximum Gasteiger partial charge on any atom is 0.293 e. The highest BCUT2D eigenvalue weighted by atomic mass is 32.1. The molecule has 2 heterocycles. The van der Waals surface area contributed by atoms with Crippen LogP contribution in [-0.2, 0) is 0 Å². The van der Waals surface area contributed by atoms with Crippen LogP contribution in [0.4, 0.5) is 17.1 Å². The predicted octanol–water partition coefficient (Wildman–Crippen LogP) is 5.75. The lowest BCUT2D eigenvalue weighted by molar-refractivity contribution is -0.384. The predicted molar refractivity (Wildman–Crippen MR) is 147 cm³/mol. The fraction of sp³-hybridized carbons (Fsp3) is 0.222. The smallest absolute Gasteiger partial charge is 0.293 e. The summed E-state index contributed by atoms with van der Waals surface area (Å²) in [5.41, 5.74) is 5.71. The molecule has 1 aromatic heterocycles. The van der Waals surface area contributed by atoms with Crippen LogP contribution < -0.4 is 15.5 Å². The molecule has 0 radical (unpaired) electrons. The quantitative estimate of drug-likeness (QED) is 0.196. The fourth-order valence-electron chi connectivity index (χ4n) is 4.38. The minimum Gasteiger partial charge on any atom is -0.436 e. The SMILES string of the molecule is Cc1ccc(-c2nc3cc(NC(=S)NC(=O)c4ccc(N5CCCC5)c([N+](=O)[O-])c4)ccc3o2)cc1C. The van der Waals surface area contributed by atoms with Gasteiger partial charge in [0.1, 0.15) is 11.2 Å². The van der Waals surface area contributed by atoms with Crippen molar-refractivity contribution in [3.05, 3.63) is 81.4 Å². The first kappa shape index (κ1) is 24.4. The zero-order chi connectivity index (χ0) is 26.1. The number of oxazole rings is 1. The van der Waals surface area contributed by atoms with Gasteiger partial charge in [-0.1, -0.05) is 6.07 Å². The summed E-state index contributed by atoms with van der Waals surface area (Å²) in [7, 11) is 0. The molecule has 5 rings (SSSR count). The molecule has 0 bridgehead atoms. The van der Waals surface area contributed by atoms with Gasteiger partial charge in [-0.15, -0.1) is 0 Å². The van der Waals surface area contributed by atoms with Crippen molar-refractivity contribution in [3.8, 4) is 11.5 Å². The minimum absolute atomic E-state index is 0.0634. The van der Waals surface area contributed by atoms with Crippen LogP contribution in [0.25, 0.3) is 22.6 Å². The van der Waals surface area contributed by atoms with Gasteiger partial charge in [0, 0.05) is 36.0 Å². The molecular formula is C27H25N5O4S. The summed E-state index contributed by atoms with van der Waals surface area (Å²) < 4.78 is 5.91. The zero-order valence-corrected chi connectivity index (χ0v) is 21.2. The molecule has 1 aliphatic heterocycles. The molecule has 37 heavy (non-hydrogen) atoms. The summed E-state index contributed by atoms with van der Waals surface area (Å²) >= 11 is 5.31. The monoisotopic (exact) mass is 515 g/mol. The highest BCUT2D eigenvalue weighted by molar-refractivity contribution is 7.80. The number of nitro benzene ring substituents is 1. The molecule has 9 nitrogen and oxygen atoms in total. The molecule has 0 atom stereocenters. The number of aryl methyl sites for hydroxylation is 2. The van der Waals surface area contributed by atoms with Crippen LogP contribution in [0.15, 0.2) is 59.0 Å². The lowest BCUT2D eigenvalue weighted by Crippen LogP contribution is -2.34. The molecule has 188 valence electrons. The normalized spacial score (nSPS) is 13.1. The van der Waals surface area contributed by atoms with Crippen molar-refractivity contribution < 1.29 is 14.1 Å². The Kier molecular flexibility index (Phi) is 6.58. The molecule has 1 aliphatic rings. The third-order valence-electron chi connectivity index (χ3n) is 6.51. The number of hydrogen-bond donors (Lipinski definition) is 2. The number of aromatic nitrogens is 1. The third-order valence-corrected chi connectivity index (χ3v) is 6.71. The number of thiocarbonyl (C=S) groups is 1. The number of nitro groups is 1. The molecule has 2 N–H and O–H groups in total. The van der Waals surface area contributed by atoms with Crippen LogP contribution in [0, 0.1) is 24.0 Å². The number of anilines is 2. The van der Waals surface area contributed by atoms with Crippen LogP contribution in [0.1, 0.15) is 34.3 Å². The number of amides is 1. The first-order chi connectivity index (χ1) is 17.8. The second-order valence-electron chi connectivity index (χ2n) is 9.06. The van der Waals surface area contributed by atoms with Crippen molar-refractivity contribution in [2.45, 2.75) is 26.7 Å². The number of nitrogens with one attached hydrogen (secondary N) is 2. The summed E-state index contributed by atoms with van der Waals surface area (Å²) in [6.07, 6.45) is 1.98. The number of nitrogens with zero attached hydrogens (tertiary/aromatic N) is 3. The number of benzene rings is 3. The number of rotatable bonds is 5. The van der Waals surface area contributed by atoms with E-state index in [-0.39, 0.29) is 16.4 Å². The van der Waals surface area contributed by atoms with Crippen molar-refractivity contribution in [3.63, 3.8) is 0 Å².